The van der Waals surface area contributed by atoms with Crippen LogP contribution in [0.25, 0.3) is 0 Å². The van der Waals surface area contributed by atoms with Gasteiger partial charge in [0, 0.05) is 5.02 Å². The molecule has 0 aliphatic heterocycles. The first-order chi connectivity index (χ1) is 13.8. The summed E-state index contributed by atoms with van der Waals surface area (Å²) >= 11 is 6.27. The van der Waals surface area contributed by atoms with Crippen molar-refractivity contribution in [1.82, 2.24) is 0 Å². The number of benzene rings is 2. The maximum atomic E-state index is 10.4. The molecule has 0 aliphatic carbocycles. The van der Waals surface area contributed by atoms with E-state index in [-0.39, 0.29) is 5.56 Å². The van der Waals surface area contributed by atoms with Crippen LogP contribution in [0.15, 0.2) is 42.5 Å². The van der Waals surface area contributed by atoms with Gasteiger partial charge in [-0.1, -0.05) is 35.9 Å². The standard InChI is InChI=1S/C21H27ClO7/c1-2-29-15-6-3-12(4-7-15)9-14-10-13(5-8-16(14)22)18(25)20(27)21(28)19(26)17(24)11-23/h3-8,10,17-21,23-28H,2,9,11H2,1H3/t17-,18?,19+,20-,21-/m0/s1. The largest absolute Gasteiger partial charge is 0.494 e. The van der Waals surface area contributed by atoms with Gasteiger partial charge in [-0.15, -0.1) is 0 Å². The average Bonchev–Trinajstić information content (AvgIpc) is 2.74. The lowest BCUT2D eigenvalue weighted by Gasteiger charge is -2.28. The van der Waals surface area contributed by atoms with E-state index >= 15 is 0 Å². The number of ether oxygens (including phenoxy) is 1. The molecule has 2 rings (SSSR count). The Morgan fingerprint density at radius 2 is 1.55 bits per heavy atom. The molecule has 7 nitrogen and oxygen atoms in total. The molecule has 0 amide bonds. The summed E-state index contributed by atoms with van der Waals surface area (Å²) in [5, 5.41) is 59.1. The highest BCUT2D eigenvalue weighted by Gasteiger charge is 2.34. The molecule has 0 fully saturated rings. The minimum absolute atomic E-state index is 0.285. The highest BCUT2D eigenvalue weighted by Crippen LogP contribution is 2.27. The minimum atomic E-state index is -1.86. The zero-order chi connectivity index (χ0) is 21.6. The lowest BCUT2D eigenvalue weighted by molar-refractivity contribution is -0.141. The summed E-state index contributed by atoms with van der Waals surface area (Å²) in [7, 11) is 0. The van der Waals surface area contributed by atoms with Gasteiger partial charge in [-0.3, -0.25) is 0 Å². The number of aliphatic hydroxyl groups is 6. The predicted octanol–water partition coefficient (Wildman–Crippen LogP) is 0.799. The number of aliphatic hydroxyl groups excluding tert-OH is 6. The van der Waals surface area contributed by atoms with Gasteiger partial charge in [0.25, 0.3) is 0 Å². The summed E-state index contributed by atoms with van der Waals surface area (Å²) in [6.45, 7) is 1.68. The van der Waals surface area contributed by atoms with Crippen molar-refractivity contribution in [3.63, 3.8) is 0 Å². The Hall–Kier alpha value is -1.71. The zero-order valence-electron chi connectivity index (χ0n) is 16.0. The summed E-state index contributed by atoms with van der Waals surface area (Å²) in [5.74, 6) is 0.757. The van der Waals surface area contributed by atoms with Crippen LogP contribution < -0.4 is 4.74 Å². The molecular weight excluding hydrogens is 400 g/mol. The number of hydrogen-bond acceptors (Lipinski definition) is 7. The van der Waals surface area contributed by atoms with Crippen LogP contribution in [0.1, 0.15) is 29.7 Å². The van der Waals surface area contributed by atoms with Crippen molar-refractivity contribution < 1.29 is 35.4 Å². The second kappa shape index (κ2) is 10.9. The van der Waals surface area contributed by atoms with E-state index in [4.69, 9.17) is 21.4 Å². The summed E-state index contributed by atoms with van der Waals surface area (Å²) < 4.78 is 5.41. The molecule has 29 heavy (non-hydrogen) atoms. The average molecular weight is 427 g/mol. The molecule has 2 aromatic carbocycles. The van der Waals surface area contributed by atoms with Crippen LogP contribution >= 0.6 is 11.6 Å². The van der Waals surface area contributed by atoms with E-state index in [9.17, 15) is 25.5 Å². The summed E-state index contributed by atoms with van der Waals surface area (Å²) in [4.78, 5) is 0. The Bertz CT molecular complexity index is 768. The fraction of sp³-hybridized carbons (Fsp3) is 0.429. The van der Waals surface area contributed by atoms with E-state index in [0.717, 1.165) is 11.3 Å². The second-order valence-electron chi connectivity index (χ2n) is 6.77. The summed E-state index contributed by atoms with van der Waals surface area (Å²) in [6.07, 6.45) is -8.19. The van der Waals surface area contributed by atoms with Gasteiger partial charge in [0.15, 0.2) is 0 Å². The SMILES string of the molecule is CCOc1ccc(Cc2cc(C(O)[C@H](O)[C@@H](O)[C@H](O)[C@@H](O)CO)ccc2Cl)cc1. The Kier molecular flexibility index (Phi) is 8.85. The molecule has 6 N–H and O–H groups in total. The summed E-state index contributed by atoms with van der Waals surface area (Å²) in [6, 6.07) is 12.2. The van der Waals surface area contributed by atoms with Gasteiger partial charge in [-0.2, -0.15) is 0 Å². The third kappa shape index (κ3) is 6.13. The van der Waals surface area contributed by atoms with Gasteiger partial charge in [0.1, 0.15) is 36.3 Å². The van der Waals surface area contributed by atoms with Crippen molar-refractivity contribution >= 4 is 11.6 Å². The Balaban J connectivity index is 2.16. The van der Waals surface area contributed by atoms with Crippen molar-refractivity contribution in [3.8, 4) is 5.75 Å². The van der Waals surface area contributed by atoms with Crippen LogP contribution in [0.5, 0.6) is 5.75 Å². The molecule has 0 bridgehead atoms. The molecule has 8 heteroatoms. The smallest absolute Gasteiger partial charge is 0.119 e. The van der Waals surface area contributed by atoms with Crippen LogP contribution in [0.2, 0.25) is 5.02 Å². The fourth-order valence-corrected chi connectivity index (χ4v) is 3.11. The predicted molar refractivity (Wildman–Crippen MR) is 108 cm³/mol. The second-order valence-corrected chi connectivity index (χ2v) is 7.18. The van der Waals surface area contributed by atoms with Crippen LogP contribution in [0, 0.1) is 0 Å². The molecule has 0 saturated carbocycles. The highest BCUT2D eigenvalue weighted by atomic mass is 35.5. The molecule has 0 aliphatic rings. The molecule has 0 heterocycles. The van der Waals surface area contributed by atoms with Gasteiger partial charge in [0.2, 0.25) is 0 Å². The molecule has 0 aromatic heterocycles. The lowest BCUT2D eigenvalue weighted by Crippen LogP contribution is -2.47. The Labute approximate surface area is 174 Å². The highest BCUT2D eigenvalue weighted by molar-refractivity contribution is 6.31. The zero-order valence-corrected chi connectivity index (χ0v) is 16.8. The maximum absolute atomic E-state index is 10.4. The molecule has 0 saturated heterocycles. The van der Waals surface area contributed by atoms with Crippen LogP contribution in [-0.2, 0) is 6.42 Å². The van der Waals surface area contributed by atoms with Crippen LogP contribution in [-0.4, -0.2) is 68.3 Å². The first kappa shape index (κ1) is 23.6. The topological polar surface area (TPSA) is 131 Å². The van der Waals surface area contributed by atoms with Gasteiger partial charge < -0.3 is 35.4 Å². The molecule has 2 aromatic rings. The van der Waals surface area contributed by atoms with E-state index in [2.05, 4.69) is 0 Å². The first-order valence-electron chi connectivity index (χ1n) is 9.29. The molecule has 160 valence electrons. The third-order valence-corrected chi connectivity index (χ3v) is 5.01. The number of halogens is 1. The third-order valence-electron chi connectivity index (χ3n) is 4.64. The van der Waals surface area contributed by atoms with E-state index < -0.39 is 37.1 Å². The van der Waals surface area contributed by atoms with Crippen LogP contribution in [0.3, 0.4) is 0 Å². The summed E-state index contributed by atoms with van der Waals surface area (Å²) in [5.41, 5.74) is 1.95. The minimum Gasteiger partial charge on any atom is -0.494 e. The van der Waals surface area contributed by atoms with Gasteiger partial charge in [-0.25, -0.2) is 0 Å². The number of rotatable bonds is 10. The van der Waals surface area contributed by atoms with E-state index in [1.165, 1.54) is 6.07 Å². The first-order valence-corrected chi connectivity index (χ1v) is 9.67. The van der Waals surface area contributed by atoms with Gasteiger partial charge in [0.05, 0.1) is 13.2 Å². The molecule has 1 unspecified atom stereocenters. The van der Waals surface area contributed by atoms with E-state index in [0.29, 0.717) is 23.6 Å². The van der Waals surface area contributed by atoms with Crippen molar-refractivity contribution in [1.29, 1.82) is 0 Å². The Morgan fingerprint density at radius 3 is 2.14 bits per heavy atom. The monoisotopic (exact) mass is 426 g/mol. The van der Waals surface area contributed by atoms with Gasteiger partial charge >= 0.3 is 0 Å². The van der Waals surface area contributed by atoms with E-state index in [1.807, 2.05) is 31.2 Å². The maximum Gasteiger partial charge on any atom is 0.119 e. The normalized spacial score (nSPS) is 16.7. The van der Waals surface area contributed by atoms with Crippen molar-refractivity contribution in [2.24, 2.45) is 0 Å². The Morgan fingerprint density at radius 1 is 0.897 bits per heavy atom. The van der Waals surface area contributed by atoms with Crippen molar-refractivity contribution in [2.45, 2.75) is 43.9 Å². The number of hydrogen-bond donors (Lipinski definition) is 6. The molecule has 0 radical (unpaired) electrons. The van der Waals surface area contributed by atoms with E-state index in [1.54, 1.807) is 12.1 Å². The van der Waals surface area contributed by atoms with Gasteiger partial charge in [-0.05, 0) is 48.2 Å². The van der Waals surface area contributed by atoms with Crippen LogP contribution in [0.4, 0.5) is 0 Å². The molecule has 0 spiro atoms. The van der Waals surface area contributed by atoms with Crippen molar-refractivity contribution in [2.75, 3.05) is 13.2 Å². The lowest BCUT2D eigenvalue weighted by atomic mass is 9.93. The quantitative estimate of drug-likeness (QED) is 0.331. The van der Waals surface area contributed by atoms with Crippen molar-refractivity contribution in [3.05, 3.63) is 64.2 Å². The fourth-order valence-electron chi connectivity index (χ4n) is 2.93. The molecular formula is C21H27ClO7. The molecule has 5 atom stereocenters.